The molecule has 0 aliphatic carbocycles. The molecular formula is C14H23N3O. The van der Waals surface area contributed by atoms with Crippen LogP contribution in [0.2, 0.25) is 0 Å². The Kier molecular flexibility index (Phi) is 4.81. The number of pyridine rings is 1. The van der Waals surface area contributed by atoms with Crippen LogP contribution in [0.4, 0.5) is 11.4 Å². The lowest BCUT2D eigenvalue weighted by atomic mass is 9.99. The second-order valence-electron chi connectivity index (χ2n) is 4.82. The molecule has 100 valence electrons. The van der Waals surface area contributed by atoms with Crippen LogP contribution in [0.1, 0.15) is 32.6 Å². The summed E-state index contributed by atoms with van der Waals surface area (Å²) >= 11 is 0. The summed E-state index contributed by atoms with van der Waals surface area (Å²) in [5, 5.41) is 12.5. The van der Waals surface area contributed by atoms with E-state index in [9.17, 15) is 0 Å². The van der Waals surface area contributed by atoms with Crippen molar-refractivity contribution in [3.8, 4) is 0 Å². The first-order valence-corrected chi connectivity index (χ1v) is 6.91. The summed E-state index contributed by atoms with van der Waals surface area (Å²) in [6.07, 6.45) is 8.31. The van der Waals surface area contributed by atoms with Crippen LogP contribution in [-0.2, 0) is 0 Å². The van der Waals surface area contributed by atoms with Gasteiger partial charge in [-0.15, -0.1) is 0 Å². The number of aromatic nitrogens is 1. The van der Waals surface area contributed by atoms with Gasteiger partial charge in [0.05, 0.1) is 23.8 Å². The first-order valence-electron chi connectivity index (χ1n) is 6.91. The molecule has 0 amide bonds. The highest BCUT2D eigenvalue weighted by Gasteiger charge is 2.22. The van der Waals surface area contributed by atoms with E-state index in [1.165, 1.54) is 24.9 Å². The Hall–Kier alpha value is -1.29. The monoisotopic (exact) mass is 249 g/mol. The van der Waals surface area contributed by atoms with Crippen molar-refractivity contribution < 1.29 is 5.11 Å². The molecule has 2 N–H and O–H groups in total. The van der Waals surface area contributed by atoms with Crippen molar-refractivity contribution in [1.82, 2.24) is 4.98 Å². The minimum atomic E-state index is 0.265. The Labute approximate surface area is 109 Å². The molecule has 1 atom stereocenters. The Bertz CT molecular complexity index is 368. The normalized spacial score (nSPS) is 19.9. The molecule has 0 bridgehead atoms. The third-order valence-corrected chi connectivity index (χ3v) is 3.53. The van der Waals surface area contributed by atoms with E-state index in [4.69, 9.17) is 5.11 Å². The maximum absolute atomic E-state index is 9.17. The minimum absolute atomic E-state index is 0.265. The van der Waals surface area contributed by atoms with E-state index < -0.39 is 0 Å². The van der Waals surface area contributed by atoms with Crippen LogP contribution < -0.4 is 10.2 Å². The molecule has 1 aliphatic rings. The first kappa shape index (κ1) is 13.1. The van der Waals surface area contributed by atoms with E-state index in [0.29, 0.717) is 6.04 Å². The summed E-state index contributed by atoms with van der Waals surface area (Å²) < 4.78 is 0. The van der Waals surface area contributed by atoms with Crippen LogP contribution in [0.5, 0.6) is 0 Å². The zero-order chi connectivity index (χ0) is 12.8. The summed E-state index contributed by atoms with van der Waals surface area (Å²) in [4.78, 5) is 6.70. The molecule has 0 saturated carbocycles. The minimum Gasteiger partial charge on any atom is -0.396 e. The van der Waals surface area contributed by atoms with Crippen molar-refractivity contribution in [2.24, 2.45) is 0 Å². The number of rotatable bonds is 5. The van der Waals surface area contributed by atoms with E-state index in [2.05, 4.69) is 28.2 Å². The van der Waals surface area contributed by atoms with Crippen molar-refractivity contribution in [2.45, 2.75) is 38.6 Å². The first-order chi connectivity index (χ1) is 8.85. The van der Waals surface area contributed by atoms with Crippen LogP contribution in [0.3, 0.4) is 0 Å². The van der Waals surface area contributed by atoms with Gasteiger partial charge in [0.1, 0.15) is 0 Å². The van der Waals surface area contributed by atoms with Crippen molar-refractivity contribution in [2.75, 3.05) is 29.9 Å². The van der Waals surface area contributed by atoms with Crippen molar-refractivity contribution in [1.29, 1.82) is 0 Å². The number of aliphatic hydroxyl groups is 1. The molecule has 1 unspecified atom stereocenters. The third-order valence-electron chi connectivity index (χ3n) is 3.53. The molecule has 0 aromatic carbocycles. The molecule has 1 fully saturated rings. The van der Waals surface area contributed by atoms with Crippen LogP contribution in [0, 0.1) is 0 Å². The van der Waals surface area contributed by atoms with Gasteiger partial charge in [-0.2, -0.15) is 0 Å². The summed E-state index contributed by atoms with van der Waals surface area (Å²) in [5.41, 5.74) is 2.25. The molecule has 1 aliphatic heterocycles. The average molecular weight is 249 g/mol. The van der Waals surface area contributed by atoms with Gasteiger partial charge in [-0.25, -0.2) is 0 Å². The fraction of sp³-hybridized carbons (Fsp3) is 0.643. The highest BCUT2D eigenvalue weighted by molar-refractivity contribution is 5.56. The van der Waals surface area contributed by atoms with Crippen molar-refractivity contribution in [3.05, 3.63) is 18.5 Å². The van der Waals surface area contributed by atoms with Crippen LogP contribution in [0.15, 0.2) is 18.5 Å². The van der Waals surface area contributed by atoms with Gasteiger partial charge in [0.15, 0.2) is 0 Å². The number of aliphatic hydroxyl groups excluding tert-OH is 1. The number of piperidine rings is 1. The predicted molar refractivity (Wildman–Crippen MR) is 75.1 cm³/mol. The van der Waals surface area contributed by atoms with E-state index in [1.807, 2.05) is 12.4 Å². The van der Waals surface area contributed by atoms with Crippen LogP contribution in [-0.4, -0.2) is 35.8 Å². The van der Waals surface area contributed by atoms with E-state index >= 15 is 0 Å². The van der Waals surface area contributed by atoms with Crippen LogP contribution in [0.25, 0.3) is 0 Å². The maximum Gasteiger partial charge on any atom is 0.0576 e. The van der Waals surface area contributed by atoms with Gasteiger partial charge >= 0.3 is 0 Å². The number of hydrogen-bond acceptors (Lipinski definition) is 4. The standard InChI is InChI=1S/C14H23N3O/c1-2-16-12-9-14(11-15-10-12)17-7-4-3-5-13(17)6-8-18/h9-11,13,16,18H,2-8H2,1H3. The van der Waals surface area contributed by atoms with Gasteiger partial charge in [0.2, 0.25) is 0 Å². The van der Waals surface area contributed by atoms with Crippen molar-refractivity contribution >= 4 is 11.4 Å². The topological polar surface area (TPSA) is 48.4 Å². The lowest BCUT2D eigenvalue weighted by molar-refractivity contribution is 0.262. The summed E-state index contributed by atoms with van der Waals surface area (Å²) in [7, 11) is 0. The van der Waals surface area contributed by atoms with E-state index in [-0.39, 0.29) is 6.61 Å². The molecule has 4 heteroatoms. The van der Waals surface area contributed by atoms with Crippen LogP contribution >= 0.6 is 0 Å². The second-order valence-corrected chi connectivity index (χ2v) is 4.82. The van der Waals surface area contributed by atoms with Crippen molar-refractivity contribution in [3.63, 3.8) is 0 Å². The summed E-state index contributed by atoms with van der Waals surface area (Å²) in [5.74, 6) is 0. The molecule has 1 aromatic heterocycles. The smallest absolute Gasteiger partial charge is 0.0576 e. The number of hydrogen-bond donors (Lipinski definition) is 2. The fourth-order valence-electron chi connectivity index (χ4n) is 2.68. The molecular weight excluding hydrogens is 226 g/mol. The second kappa shape index (κ2) is 6.59. The summed E-state index contributed by atoms with van der Waals surface area (Å²) in [6.45, 7) is 4.33. The quantitative estimate of drug-likeness (QED) is 0.840. The van der Waals surface area contributed by atoms with E-state index in [1.54, 1.807) is 0 Å². The van der Waals surface area contributed by atoms with E-state index in [0.717, 1.165) is 25.2 Å². The SMILES string of the molecule is CCNc1cncc(N2CCCCC2CCO)c1. The molecule has 2 heterocycles. The Balaban J connectivity index is 2.14. The van der Waals surface area contributed by atoms with Gasteiger partial charge in [0.25, 0.3) is 0 Å². The van der Waals surface area contributed by atoms with Gasteiger partial charge in [0, 0.05) is 25.7 Å². The zero-order valence-electron chi connectivity index (χ0n) is 11.1. The molecule has 1 saturated heterocycles. The molecule has 0 spiro atoms. The molecule has 18 heavy (non-hydrogen) atoms. The molecule has 4 nitrogen and oxygen atoms in total. The lowest BCUT2D eigenvalue weighted by Crippen LogP contribution is -2.40. The van der Waals surface area contributed by atoms with Gasteiger partial charge in [-0.1, -0.05) is 0 Å². The summed E-state index contributed by atoms with van der Waals surface area (Å²) in [6, 6.07) is 2.62. The number of nitrogens with zero attached hydrogens (tertiary/aromatic N) is 2. The highest BCUT2D eigenvalue weighted by Crippen LogP contribution is 2.27. The maximum atomic E-state index is 9.17. The zero-order valence-corrected chi connectivity index (χ0v) is 11.1. The Morgan fingerprint density at radius 3 is 3.11 bits per heavy atom. The molecule has 0 radical (unpaired) electrons. The van der Waals surface area contributed by atoms with Gasteiger partial charge in [-0.05, 0) is 38.7 Å². The van der Waals surface area contributed by atoms with Gasteiger partial charge < -0.3 is 15.3 Å². The van der Waals surface area contributed by atoms with Gasteiger partial charge in [-0.3, -0.25) is 4.98 Å². The lowest BCUT2D eigenvalue weighted by Gasteiger charge is -2.37. The average Bonchev–Trinajstić information content (AvgIpc) is 2.40. The number of nitrogens with one attached hydrogen (secondary N) is 1. The predicted octanol–water partition coefficient (Wildman–Crippen LogP) is 2.25. The molecule has 1 aromatic rings. The Morgan fingerprint density at radius 2 is 2.33 bits per heavy atom. The molecule has 2 rings (SSSR count). The third kappa shape index (κ3) is 3.13. The highest BCUT2D eigenvalue weighted by atomic mass is 16.3. The largest absolute Gasteiger partial charge is 0.396 e. The Morgan fingerprint density at radius 1 is 1.44 bits per heavy atom. The fourth-order valence-corrected chi connectivity index (χ4v) is 2.68. The number of anilines is 2.